The second kappa shape index (κ2) is 7.32. The molecule has 30 heavy (non-hydrogen) atoms. The molecule has 0 unspecified atom stereocenters. The molecule has 0 aliphatic heterocycles. The standard InChI is InChI=1S/C22H16FN7/c1-14-26-13-30(29-14)17-7-5-16(6-8-17)27-22-25-11-15-3-2-4-19(21(15)28-22)18-9-10-24-12-20(18)23/h2-13H,1H3,(H,25,27,28). The van der Waals surface area contributed by atoms with Crippen molar-refractivity contribution in [1.29, 1.82) is 0 Å². The van der Waals surface area contributed by atoms with Crippen molar-refractivity contribution in [3.63, 3.8) is 0 Å². The predicted molar refractivity (Wildman–Crippen MR) is 112 cm³/mol. The molecule has 0 aliphatic carbocycles. The summed E-state index contributed by atoms with van der Waals surface area (Å²) in [6.45, 7) is 1.84. The van der Waals surface area contributed by atoms with Gasteiger partial charge in [-0.2, -0.15) is 5.10 Å². The van der Waals surface area contributed by atoms with Crippen molar-refractivity contribution in [2.45, 2.75) is 6.92 Å². The van der Waals surface area contributed by atoms with Gasteiger partial charge >= 0.3 is 0 Å². The number of pyridine rings is 1. The Morgan fingerprint density at radius 1 is 0.933 bits per heavy atom. The first-order valence-electron chi connectivity index (χ1n) is 9.29. The van der Waals surface area contributed by atoms with Gasteiger partial charge in [0.15, 0.2) is 0 Å². The summed E-state index contributed by atoms with van der Waals surface area (Å²) >= 11 is 0. The molecule has 0 saturated heterocycles. The van der Waals surface area contributed by atoms with Crippen LogP contribution in [-0.2, 0) is 0 Å². The maximum atomic E-state index is 14.3. The molecule has 3 aromatic heterocycles. The zero-order valence-electron chi connectivity index (χ0n) is 16.0. The summed E-state index contributed by atoms with van der Waals surface area (Å²) in [7, 11) is 0. The average molecular weight is 397 g/mol. The van der Waals surface area contributed by atoms with Gasteiger partial charge in [-0.25, -0.2) is 24.0 Å². The van der Waals surface area contributed by atoms with Crippen LogP contribution in [0.2, 0.25) is 0 Å². The SMILES string of the molecule is Cc1ncn(-c2ccc(Nc3ncc4cccc(-c5ccncc5F)c4n3)cc2)n1. The first kappa shape index (κ1) is 17.9. The first-order chi connectivity index (χ1) is 14.7. The Kier molecular flexibility index (Phi) is 4.36. The summed E-state index contributed by atoms with van der Waals surface area (Å²) in [4.78, 5) is 17.0. The van der Waals surface area contributed by atoms with Gasteiger partial charge in [0.1, 0.15) is 18.0 Å². The number of benzene rings is 2. The van der Waals surface area contributed by atoms with Crippen molar-refractivity contribution >= 4 is 22.5 Å². The van der Waals surface area contributed by atoms with Crippen LogP contribution in [0.5, 0.6) is 0 Å². The fourth-order valence-electron chi connectivity index (χ4n) is 3.22. The van der Waals surface area contributed by atoms with Crippen LogP contribution in [0.15, 0.2) is 73.4 Å². The minimum absolute atomic E-state index is 0.392. The number of nitrogens with one attached hydrogen (secondary N) is 1. The number of aryl methyl sites for hydroxylation is 1. The molecule has 5 aromatic rings. The van der Waals surface area contributed by atoms with Crippen LogP contribution in [0.25, 0.3) is 27.7 Å². The van der Waals surface area contributed by atoms with Crippen LogP contribution in [0.3, 0.4) is 0 Å². The number of fused-ring (bicyclic) bond motifs is 1. The van der Waals surface area contributed by atoms with Crippen LogP contribution in [0.1, 0.15) is 5.82 Å². The third kappa shape index (κ3) is 3.35. The highest BCUT2D eigenvalue weighted by atomic mass is 19.1. The van der Waals surface area contributed by atoms with Crippen LogP contribution in [0.4, 0.5) is 16.0 Å². The molecule has 0 radical (unpaired) electrons. The van der Waals surface area contributed by atoms with Gasteiger partial charge in [-0.1, -0.05) is 18.2 Å². The van der Waals surface area contributed by atoms with E-state index in [1.807, 2.05) is 49.4 Å². The summed E-state index contributed by atoms with van der Waals surface area (Å²) in [5, 5.41) is 8.32. The van der Waals surface area contributed by atoms with Gasteiger partial charge in [0.05, 0.1) is 17.4 Å². The smallest absolute Gasteiger partial charge is 0.227 e. The number of para-hydroxylation sites is 1. The number of halogens is 1. The van der Waals surface area contributed by atoms with Crippen LogP contribution >= 0.6 is 0 Å². The Bertz CT molecular complexity index is 1350. The average Bonchev–Trinajstić information content (AvgIpc) is 3.21. The highest BCUT2D eigenvalue weighted by Crippen LogP contribution is 2.29. The van der Waals surface area contributed by atoms with E-state index >= 15 is 0 Å². The molecule has 0 bridgehead atoms. The molecular weight excluding hydrogens is 381 g/mol. The maximum absolute atomic E-state index is 14.3. The third-order valence-corrected chi connectivity index (χ3v) is 4.67. The molecule has 0 atom stereocenters. The lowest BCUT2D eigenvalue weighted by molar-refractivity contribution is 0.625. The van der Waals surface area contributed by atoms with Crippen molar-refractivity contribution in [3.8, 4) is 16.8 Å². The second-order valence-corrected chi connectivity index (χ2v) is 6.70. The van der Waals surface area contributed by atoms with E-state index in [1.165, 1.54) is 6.20 Å². The number of anilines is 2. The zero-order chi connectivity index (χ0) is 20.5. The maximum Gasteiger partial charge on any atom is 0.227 e. The molecule has 7 nitrogen and oxygen atoms in total. The molecule has 0 aliphatic rings. The van der Waals surface area contributed by atoms with E-state index in [2.05, 4.69) is 30.4 Å². The Hall–Kier alpha value is -4.20. The Labute approximate surface area is 171 Å². The van der Waals surface area contributed by atoms with Crippen LogP contribution < -0.4 is 5.32 Å². The van der Waals surface area contributed by atoms with Gasteiger partial charge < -0.3 is 5.32 Å². The van der Waals surface area contributed by atoms with E-state index in [9.17, 15) is 4.39 Å². The quantitative estimate of drug-likeness (QED) is 0.482. The van der Waals surface area contributed by atoms with Crippen LogP contribution in [-0.4, -0.2) is 29.7 Å². The Morgan fingerprint density at radius 2 is 1.80 bits per heavy atom. The predicted octanol–water partition coefficient (Wildman–Crippen LogP) is 4.46. The van der Waals surface area contributed by atoms with E-state index in [-0.39, 0.29) is 0 Å². The van der Waals surface area contributed by atoms with E-state index in [1.54, 1.807) is 29.5 Å². The van der Waals surface area contributed by atoms with Crippen molar-refractivity contribution in [3.05, 3.63) is 85.1 Å². The topological polar surface area (TPSA) is 81.4 Å². The minimum Gasteiger partial charge on any atom is -0.324 e. The monoisotopic (exact) mass is 397 g/mol. The van der Waals surface area contributed by atoms with Gasteiger partial charge in [-0.05, 0) is 37.3 Å². The number of aromatic nitrogens is 6. The second-order valence-electron chi connectivity index (χ2n) is 6.70. The minimum atomic E-state index is -0.392. The summed E-state index contributed by atoms with van der Waals surface area (Å²) in [6, 6.07) is 14.9. The number of nitrogens with zero attached hydrogens (tertiary/aromatic N) is 6. The fourth-order valence-corrected chi connectivity index (χ4v) is 3.22. The van der Waals surface area contributed by atoms with Crippen LogP contribution in [0, 0.1) is 12.7 Å². The number of rotatable bonds is 4. The van der Waals surface area contributed by atoms with Crippen molar-refractivity contribution in [2.75, 3.05) is 5.32 Å². The Balaban J connectivity index is 1.48. The molecule has 1 N–H and O–H groups in total. The zero-order valence-corrected chi connectivity index (χ0v) is 16.0. The molecule has 2 aromatic carbocycles. The molecule has 0 fully saturated rings. The van der Waals surface area contributed by atoms with Gasteiger partial charge in [-0.15, -0.1) is 0 Å². The van der Waals surface area contributed by atoms with Crippen molar-refractivity contribution in [2.24, 2.45) is 0 Å². The number of hydrogen-bond donors (Lipinski definition) is 1. The summed E-state index contributed by atoms with van der Waals surface area (Å²) in [5.41, 5.74) is 3.52. The molecule has 0 spiro atoms. The van der Waals surface area contributed by atoms with Crippen molar-refractivity contribution < 1.29 is 4.39 Å². The van der Waals surface area contributed by atoms with E-state index in [4.69, 9.17) is 0 Å². The molecular formula is C22H16FN7. The van der Waals surface area contributed by atoms with E-state index in [0.717, 1.165) is 16.8 Å². The van der Waals surface area contributed by atoms with E-state index in [0.29, 0.717) is 28.4 Å². The largest absolute Gasteiger partial charge is 0.324 e. The summed E-state index contributed by atoms with van der Waals surface area (Å²) in [6.07, 6.45) is 6.16. The summed E-state index contributed by atoms with van der Waals surface area (Å²) < 4.78 is 16.0. The first-order valence-corrected chi connectivity index (χ1v) is 9.29. The highest BCUT2D eigenvalue weighted by molar-refractivity contribution is 5.93. The lowest BCUT2D eigenvalue weighted by Gasteiger charge is -2.10. The molecule has 0 saturated carbocycles. The van der Waals surface area contributed by atoms with Gasteiger partial charge in [0, 0.05) is 34.6 Å². The van der Waals surface area contributed by atoms with Gasteiger partial charge in [0.2, 0.25) is 5.95 Å². The third-order valence-electron chi connectivity index (χ3n) is 4.67. The lowest BCUT2D eigenvalue weighted by atomic mass is 10.0. The van der Waals surface area contributed by atoms with Crippen molar-refractivity contribution in [1.82, 2.24) is 29.7 Å². The fraction of sp³-hybridized carbons (Fsp3) is 0.0455. The van der Waals surface area contributed by atoms with Gasteiger partial charge in [0.25, 0.3) is 0 Å². The molecule has 3 heterocycles. The number of hydrogen-bond acceptors (Lipinski definition) is 6. The lowest BCUT2D eigenvalue weighted by Crippen LogP contribution is -1.99. The molecule has 0 amide bonds. The molecule has 5 rings (SSSR count). The molecule has 8 heteroatoms. The van der Waals surface area contributed by atoms with Gasteiger partial charge in [-0.3, -0.25) is 4.98 Å². The van der Waals surface area contributed by atoms with E-state index < -0.39 is 5.82 Å². The summed E-state index contributed by atoms with van der Waals surface area (Å²) in [5.74, 6) is 0.744. The highest BCUT2D eigenvalue weighted by Gasteiger charge is 2.11. The molecule has 146 valence electrons. The normalized spacial score (nSPS) is 11.0. The Morgan fingerprint density at radius 3 is 2.57 bits per heavy atom.